The third-order valence-corrected chi connectivity index (χ3v) is 2.51. The van der Waals surface area contributed by atoms with Gasteiger partial charge in [-0.2, -0.15) is 0 Å². The Kier molecular flexibility index (Phi) is 2.87. The zero-order valence-corrected chi connectivity index (χ0v) is 9.41. The lowest BCUT2D eigenvalue weighted by Crippen LogP contribution is -1.94. The normalized spacial score (nSPS) is 10.2. The molecule has 3 nitrogen and oxygen atoms in total. The maximum absolute atomic E-state index is 13.8. The molecule has 0 aromatic heterocycles. The van der Waals surface area contributed by atoms with E-state index in [2.05, 4.69) is 0 Å². The number of anilines is 2. The van der Waals surface area contributed by atoms with Gasteiger partial charge in [-0.05, 0) is 30.3 Å². The van der Waals surface area contributed by atoms with Crippen molar-refractivity contribution < 1.29 is 9.13 Å². The second-order valence-corrected chi connectivity index (χ2v) is 3.70. The maximum Gasteiger partial charge on any atom is 0.133 e. The molecule has 0 heterocycles. The lowest BCUT2D eigenvalue weighted by Gasteiger charge is -2.10. The summed E-state index contributed by atoms with van der Waals surface area (Å²) >= 11 is 0. The van der Waals surface area contributed by atoms with Gasteiger partial charge in [-0.25, -0.2) is 4.39 Å². The monoisotopic (exact) mass is 232 g/mol. The number of hydrogen-bond donors (Lipinski definition) is 2. The minimum atomic E-state index is -0.381. The zero-order chi connectivity index (χ0) is 12.4. The molecule has 0 unspecified atom stereocenters. The second-order valence-electron chi connectivity index (χ2n) is 3.70. The van der Waals surface area contributed by atoms with E-state index in [1.165, 1.54) is 13.2 Å². The molecule has 0 aliphatic rings. The Morgan fingerprint density at radius 3 is 2.12 bits per heavy atom. The van der Waals surface area contributed by atoms with Crippen molar-refractivity contribution in [3.05, 3.63) is 42.2 Å². The van der Waals surface area contributed by atoms with Crippen LogP contribution in [0.5, 0.6) is 5.75 Å². The van der Waals surface area contributed by atoms with Crippen LogP contribution < -0.4 is 16.2 Å². The molecule has 0 bridgehead atoms. The largest absolute Gasteiger partial charge is 0.496 e. The van der Waals surface area contributed by atoms with Crippen molar-refractivity contribution in [1.82, 2.24) is 0 Å². The molecule has 2 aromatic rings. The molecular weight excluding hydrogens is 219 g/mol. The van der Waals surface area contributed by atoms with E-state index in [1.54, 1.807) is 30.3 Å². The van der Waals surface area contributed by atoms with Gasteiger partial charge in [0.05, 0.1) is 7.11 Å². The first-order valence-corrected chi connectivity index (χ1v) is 5.10. The highest BCUT2D eigenvalue weighted by Gasteiger charge is 2.10. The summed E-state index contributed by atoms with van der Waals surface area (Å²) in [4.78, 5) is 0. The number of benzene rings is 2. The lowest BCUT2D eigenvalue weighted by atomic mass is 10.0. The molecule has 0 radical (unpaired) electrons. The van der Waals surface area contributed by atoms with Crippen LogP contribution in [0.1, 0.15) is 0 Å². The molecule has 0 spiro atoms. The van der Waals surface area contributed by atoms with Gasteiger partial charge in [0.15, 0.2) is 0 Å². The van der Waals surface area contributed by atoms with Crippen molar-refractivity contribution in [2.24, 2.45) is 0 Å². The molecule has 88 valence electrons. The van der Waals surface area contributed by atoms with Crippen molar-refractivity contribution in [2.45, 2.75) is 0 Å². The molecule has 0 aliphatic heterocycles. The van der Waals surface area contributed by atoms with E-state index >= 15 is 0 Å². The topological polar surface area (TPSA) is 61.3 Å². The molecule has 0 atom stereocenters. The summed E-state index contributed by atoms with van der Waals surface area (Å²) in [5.74, 6) is 0.154. The van der Waals surface area contributed by atoms with Crippen molar-refractivity contribution in [3.8, 4) is 16.9 Å². The van der Waals surface area contributed by atoms with Gasteiger partial charge in [0.2, 0.25) is 0 Å². The van der Waals surface area contributed by atoms with Gasteiger partial charge in [-0.1, -0.05) is 0 Å². The Bertz CT molecular complexity index is 555. The first kappa shape index (κ1) is 11.3. The summed E-state index contributed by atoms with van der Waals surface area (Å²) in [6.45, 7) is 0. The Hall–Kier alpha value is -2.23. The molecule has 0 amide bonds. The highest BCUT2D eigenvalue weighted by Crippen LogP contribution is 2.33. The molecule has 0 fully saturated rings. The lowest BCUT2D eigenvalue weighted by molar-refractivity contribution is 0.416. The van der Waals surface area contributed by atoms with Gasteiger partial charge in [-0.15, -0.1) is 0 Å². The zero-order valence-electron chi connectivity index (χ0n) is 9.41. The SMILES string of the molecule is COc1cc(N)ccc1-c1ccc(N)cc1F. The molecule has 0 aliphatic carbocycles. The Morgan fingerprint density at radius 2 is 1.53 bits per heavy atom. The van der Waals surface area contributed by atoms with Gasteiger partial charge in [-0.3, -0.25) is 0 Å². The number of halogens is 1. The van der Waals surface area contributed by atoms with E-state index in [9.17, 15) is 4.39 Å². The van der Waals surface area contributed by atoms with Gasteiger partial charge < -0.3 is 16.2 Å². The van der Waals surface area contributed by atoms with Crippen LogP contribution in [-0.2, 0) is 0 Å². The van der Waals surface area contributed by atoms with Gasteiger partial charge >= 0.3 is 0 Å². The van der Waals surface area contributed by atoms with Crippen molar-refractivity contribution in [2.75, 3.05) is 18.6 Å². The minimum absolute atomic E-state index is 0.381. The summed E-state index contributed by atoms with van der Waals surface area (Å²) in [7, 11) is 1.52. The van der Waals surface area contributed by atoms with Crippen LogP contribution in [-0.4, -0.2) is 7.11 Å². The first-order valence-electron chi connectivity index (χ1n) is 5.10. The number of ether oxygens (including phenoxy) is 1. The van der Waals surface area contributed by atoms with Crippen molar-refractivity contribution >= 4 is 11.4 Å². The van der Waals surface area contributed by atoms with Crippen LogP contribution >= 0.6 is 0 Å². The highest BCUT2D eigenvalue weighted by molar-refractivity contribution is 5.74. The molecule has 0 saturated carbocycles. The summed E-state index contributed by atoms with van der Waals surface area (Å²) in [5.41, 5.74) is 13.2. The Morgan fingerprint density at radius 1 is 0.941 bits per heavy atom. The molecule has 17 heavy (non-hydrogen) atoms. The third-order valence-electron chi connectivity index (χ3n) is 2.51. The van der Waals surface area contributed by atoms with E-state index in [-0.39, 0.29) is 5.82 Å². The molecule has 0 saturated heterocycles. The van der Waals surface area contributed by atoms with Crippen LogP contribution in [0.2, 0.25) is 0 Å². The number of nitrogens with two attached hydrogens (primary N) is 2. The van der Waals surface area contributed by atoms with Gasteiger partial charge in [0, 0.05) is 28.6 Å². The summed E-state index contributed by atoms with van der Waals surface area (Å²) < 4.78 is 19.0. The van der Waals surface area contributed by atoms with Gasteiger partial charge in [0.25, 0.3) is 0 Å². The molecular formula is C13H13FN2O. The van der Waals surface area contributed by atoms with E-state index < -0.39 is 0 Å². The second kappa shape index (κ2) is 4.33. The van der Waals surface area contributed by atoms with Crippen LogP contribution in [0, 0.1) is 5.82 Å². The summed E-state index contributed by atoms with van der Waals surface area (Å²) in [6.07, 6.45) is 0. The highest BCUT2D eigenvalue weighted by atomic mass is 19.1. The number of hydrogen-bond acceptors (Lipinski definition) is 3. The van der Waals surface area contributed by atoms with E-state index in [4.69, 9.17) is 16.2 Å². The number of methoxy groups -OCH3 is 1. The summed E-state index contributed by atoms with van der Waals surface area (Å²) in [5, 5.41) is 0. The quantitative estimate of drug-likeness (QED) is 0.782. The fraction of sp³-hybridized carbons (Fsp3) is 0.0769. The maximum atomic E-state index is 13.8. The molecule has 4 N–H and O–H groups in total. The van der Waals surface area contributed by atoms with E-state index in [0.717, 1.165) is 0 Å². The fourth-order valence-electron chi connectivity index (χ4n) is 1.68. The standard InChI is InChI=1S/C13H13FN2O/c1-17-13-7-9(16)3-5-11(13)10-4-2-8(15)6-12(10)14/h2-7H,15-16H2,1H3. The molecule has 2 rings (SSSR count). The molecule has 2 aromatic carbocycles. The van der Waals surface area contributed by atoms with Crippen LogP contribution in [0.3, 0.4) is 0 Å². The van der Waals surface area contributed by atoms with Gasteiger partial charge in [0.1, 0.15) is 11.6 Å². The Balaban J connectivity index is 2.60. The van der Waals surface area contributed by atoms with E-state index in [1.807, 2.05) is 0 Å². The fourth-order valence-corrected chi connectivity index (χ4v) is 1.68. The smallest absolute Gasteiger partial charge is 0.133 e. The predicted molar refractivity (Wildman–Crippen MR) is 67.2 cm³/mol. The first-order chi connectivity index (χ1) is 8.11. The van der Waals surface area contributed by atoms with E-state index in [0.29, 0.717) is 28.3 Å². The average molecular weight is 232 g/mol. The number of rotatable bonds is 2. The van der Waals surface area contributed by atoms with Crippen LogP contribution in [0.4, 0.5) is 15.8 Å². The van der Waals surface area contributed by atoms with Crippen molar-refractivity contribution in [3.63, 3.8) is 0 Å². The summed E-state index contributed by atoms with van der Waals surface area (Å²) in [6, 6.07) is 9.64. The predicted octanol–water partition coefficient (Wildman–Crippen LogP) is 2.67. The Labute approximate surface area is 98.8 Å². The molecule has 4 heteroatoms. The number of nitrogen functional groups attached to an aromatic ring is 2. The van der Waals surface area contributed by atoms with Crippen LogP contribution in [0.25, 0.3) is 11.1 Å². The van der Waals surface area contributed by atoms with Crippen LogP contribution in [0.15, 0.2) is 36.4 Å². The van der Waals surface area contributed by atoms with Crippen molar-refractivity contribution in [1.29, 1.82) is 0 Å². The average Bonchev–Trinajstić information content (AvgIpc) is 2.30. The minimum Gasteiger partial charge on any atom is -0.496 e. The third kappa shape index (κ3) is 2.15.